The molecule has 0 aliphatic carbocycles. The van der Waals surface area contributed by atoms with Gasteiger partial charge in [0.25, 0.3) is 0 Å². The molecule has 31 heavy (non-hydrogen) atoms. The fraction of sp³-hybridized carbons (Fsp3) is 0.391. The molecule has 1 atom stereocenters. The van der Waals surface area contributed by atoms with Crippen molar-refractivity contribution in [3.63, 3.8) is 0 Å². The van der Waals surface area contributed by atoms with Crippen LogP contribution in [0.1, 0.15) is 38.8 Å². The molecule has 0 saturated heterocycles. The average molecular weight is 502 g/mol. The Balaban J connectivity index is 2.09. The van der Waals surface area contributed by atoms with Crippen LogP contribution >= 0.6 is 46.6 Å². The van der Waals surface area contributed by atoms with Gasteiger partial charge in [0.05, 0.1) is 15.8 Å². The standard InChI is InChI=1S/C23H27Cl3N2O2S/c1-15(22(30)27-23(2,3)4)28(12-16-5-8-18(24)9-6-16)21(29)14-31-13-17-7-10-19(25)20(26)11-17/h5-11,15H,12-14H2,1-4H3,(H,27,30)/t15-/m0/s1. The van der Waals surface area contributed by atoms with Crippen LogP contribution in [0.15, 0.2) is 42.5 Å². The van der Waals surface area contributed by atoms with Gasteiger partial charge in [-0.2, -0.15) is 0 Å². The van der Waals surface area contributed by atoms with Crippen molar-refractivity contribution in [2.45, 2.75) is 51.6 Å². The Morgan fingerprint density at radius 1 is 1.00 bits per heavy atom. The van der Waals surface area contributed by atoms with E-state index in [4.69, 9.17) is 34.8 Å². The molecular formula is C23H27Cl3N2O2S. The Morgan fingerprint density at radius 2 is 1.61 bits per heavy atom. The van der Waals surface area contributed by atoms with E-state index in [9.17, 15) is 9.59 Å². The van der Waals surface area contributed by atoms with Crippen molar-refractivity contribution in [1.82, 2.24) is 10.2 Å². The number of amides is 2. The first kappa shape index (κ1) is 25.9. The van der Waals surface area contributed by atoms with Crippen molar-refractivity contribution in [2.24, 2.45) is 0 Å². The molecule has 0 saturated carbocycles. The van der Waals surface area contributed by atoms with E-state index in [0.717, 1.165) is 11.1 Å². The summed E-state index contributed by atoms with van der Waals surface area (Å²) in [6.45, 7) is 7.81. The van der Waals surface area contributed by atoms with Gasteiger partial charge in [0.2, 0.25) is 11.8 Å². The minimum Gasteiger partial charge on any atom is -0.350 e. The lowest BCUT2D eigenvalue weighted by atomic mass is 10.1. The van der Waals surface area contributed by atoms with Crippen molar-refractivity contribution in [3.05, 3.63) is 68.7 Å². The van der Waals surface area contributed by atoms with Gasteiger partial charge in [-0.25, -0.2) is 0 Å². The van der Waals surface area contributed by atoms with E-state index in [2.05, 4.69) is 5.32 Å². The minimum atomic E-state index is -0.618. The van der Waals surface area contributed by atoms with Crippen LogP contribution in [0.5, 0.6) is 0 Å². The van der Waals surface area contributed by atoms with Crippen LogP contribution in [0, 0.1) is 0 Å². The van der Waals surface area contributed by atoms with Crippen LogP contribution in [-0.4, -0.2) is 34.0 Å². The molecule has 2 aromatic carbocycles. The lowest BCUT2D eigenvalue weighted by Crippen LogP contribution is -2.52. The second-order valence-electron chi connectivity index (χ2n) is 8.30. The highest BCUT2D eigenvalue weighted by molar-refractivity contribution is 7.99. The largest absolute Gasteiger partial charge is 0.350 e. The number of halogens is 3. The second-order valence-corrected chi connectivity index (χ2v) is 10.5. The summed E-state index contributed by atoms with van der Waals surface area (Å²) >= 11 is 19.5. The number of thioether (sulfide) groups is 1. The molecule has 0 heterocycles. The zero-order valence-corrected chi connectivity index (χ0v) is 21.1. The van der Waals surface area contributed by atoms with Crippen LogP contribution in [0.4, 0.5) is 0 Å². The van der Waals surface area contributed by atoms with E-state index >= 15 is 0 Å². The molecule has 168 valence electrons. The van der Waals surface area contributed by atoms with Crippen LogP contribution in [-0.2, 0) is 21.9 Å². The predicted octanol–water partition coefficient (Wildman–Crippen LogP) is 6.21. The van der Waals surface area contributed by atoms with E-state index in [1.807, 2.05) is 39.0 Å². The summed E-state index contributed by atoms with van der Waals surface area (Å²) in [5, 5.41) is 4.57. The minimum absolute atomic E-state index is 0.114. The Labute approximate surface area is 203 Å². The lowest BCUT2D eigenvalue weighted by Gasteiger charge is -2.31. The molecule has 0 aliphatic rings. The quantitative estimate of drug-likeness (QED) is 0.468. The fourth-order valence-electron chi connectivity index (χ4n) is 2.81. The molecule has 0 unspecified atom stereocenters. The maximum absolute atomic E-state index is 13.1. The van der Waals surface area contributed by atoms with Gasteiger partial charge < -0.3 is 10.2 Å². The van der Waals surface area contributed by atoms with Crippen LogP contribution < -0.4 is 5.32 Å². The smallest absolute Gasteiger partial charge is 0.242 e. The number of hydrogen-bond donors (Lipinski definition) is 1. The number of rotatable bonds is 8. The summed E-state index contributed by atoms with van der Waals surface area (Å²) in [6, 6.07) is 12.1. The summed E-state index contributed by atoms with van der Waals surface area (Å²) in [5.41, 5.74) is 1.50. The molecule has 2 amide bonds. The Hall–Kier alpha value is -1.40. The SMILES string of the molecule is C[C@@H](C(=O)NC(C)(C)C)N(Cc1ccc(Cl)cc1)C(=O)CSCc1ccc(Cl)c(Cl)c1. The molecule has 0 radical (unpaired) electrons. The van der Waals surface area contributed by atoms with E-state index in [1.54, 1.807) is 36.1 Å². The van der Waals surface area contributed by atoms with Crippen molar-refractivity contribution < 1.29 is 9.59 Å². The number of nitrogens with zero attached hydrogens (tertiary/aromatic N) is 1. The zero-order chi connectivity index (χ0) is 23.2. The van der Waals surface area contributed by atoms with Gasteiger partial charge >= 0.3 is 0 Å². The highest BCUT2D eigenvalue weighted by Crippen LogP contribution is 2.25. The zero-order valence-electron chi connectivity index (χ0n) is 18.0. The summed E-state index contributed by atoms with van der Waals surface area (Å²) in [7, 11) is 0. The third-order valence-corrected chi connectivity index (χ3v) is 6.39. The Bertz CT molecular complexity index is 914. The van der Waals surface area contributed by atoms with Crippen LogP contribution in [0.25, 0.3) is 0 Å². The van der Waals surface area contributed by atoms with Gasteiger partial charge in [0.15, 0.2) is 0 Å². The first-order chi connectivity index (χ1) is 14.5. The molecule has 0 bridgehead atoms. The molecule has 0 aliphatic heterocycles. The molecule has 2 rings (SSSR count). The summed E-state index contributed by atoms with van der Waals surface area (Å²) in [5.74, 6) is 0.543. The van der Waals surface area contributed by atoms with Crippen molar-refractivity contribution in [1.29, 1.82) is 0 Å². The molecule has 4 nitrogen and oxygen atoms in total. The van der Waals surface area contributed by atoms with E-state index < -0.39 is 6.04 Å². The second kappa shape index (κ2) is 11.5. The molecule has 0 spiro atoms. The van der Waals surface area contributed by atoms with Gasteiger partial charge in [-0.1, -0.05) is 53.0 Å². The highest BCUT2D eigenvalue weighted by Gasteiger charge is 2.28. The summed E-state index contributed by atoms with van der Waals surface area (Å²) < 4.78 is 0. The molecule has 2 aromatic rings. The van der Waals surface area contributed by atoms with Crippen LogP contribution in [0.2, 0.25) is 15.1 Å². The molecule has 0 aromatic heterocycles. The fourth-order valence-corrected chi connectivity index (χ4v) is 4.12. The van der Waals surface area contributed by atoms with Crippen molar-refractivity contribution in [2.75, 3.05) is 5.75 Å². The third kappa shape index (κ3) is 8.57. The molecule has 1 N–H and O–H groups in total. The maximum Gasteiger partial charge on any atom is 0.242 e. The maximum atomic E-state index is 13.1. The van der Waals surface area contributed by atoms with E-state index in [0.29, 0.717) is 27.4 Å². The normalized spacial score (nSPS) is 12.4. The van der Waals surface area contributed by atoms with Gasteiger partial charge in [0, 0.05) is 22.9 Å². The van der Waals surface area contributed by atoms with Gasteiger partial charge in [-0.3, -0.25) is 9.59 Å². The predicted molar refractivity (Wildman–Crippen MR) is 132 cm³/mol. The lowest BCUT2D eigenvalue weighted by molar-refractivity contribution is -0.139. The highest BCUT2D eigenvalue weighted by atomic mass is 35.5. The van der Waals surface area contributed by atoms with Gasteiger partial charge in [-0.05, 0) is 63.1 Å². The van der Waals surface area contributed by atoms with Crippen molar-refractivity contribution in [3.8, 4) is 0 Å². The first-order valence-electron chi connectivity index (χ1n) is 9.84. The average Bonchev–Trinajstić information content (AvgIpc) is 2.68. The van der Waals surface area contributed by atoms with Gasteiger partial charge in [-0.15, -0.1) is 11.8 Å². The molecule has 0 fully saturated rings. The van der Waals surface area contributed by atoms with Gasteiger partial charge in [0.1, 0.15) is 6.04 Å². The monoisotopic (exact) mass is 500 g/mol. The molecule has 8 heteroatoms. The number of carbonyl (C=O) groups excluding carboxylic acids is 2. The third-order valence-electron chi connectivity index (χ3n) is 4.41. The molecular weight excluding hydrogens is 475 g/mol. The summed E-state index contributed by atoms with van der Waals surface area (Å²) in [6.07, 6.45) is 0. The Kier molecular flexibility index (Phi) is 9.56. The van der Waals surface area contributed by atoms with E-state index in [1.165, 1.54) is 11.8 Å². The Morgan fingerprint density at radius 3 is 2.19 bits per heavy atom. The van der Waals surface area contributed by atoms with Crippen molar-refractivity contribution >= 4 is 58.4 Å². The van der Waals surface area contributed by atoms with Crippen LogP contribution in [0.3, 0.4) is 0 Å². The number of benzene rings is 2. The topological polar surface area (TPSA) is 49.4 Å². The summed E-state index contributed by atoms with van der Waals surface area (Å²) in [4.78, 5) is 27.4. The van der Waals surface area contributed by atoms with E-state index in [-0.39, 0.29) is 23.1 Å². The first-order valence-corrected chi connectivity index (χ1v) is 12.1. The number of hydrogen-bond acceptors (Lipinski definition) is 3. The number of carbonyl (C=O) groups is 2. The number of nitrogens with one attached hydrogen (secondary N) is 1.